The highest BCUT2D eigenvalue weighted by molar-refractivity contribution is 7.83. The van der Waals surface area contributed by atoms with Gasteiger partial charge in [-0.3, -0.25) is 9.59 Å². The van der Waals surface area contributed by atoms with Crippen LogP contribution < -0.4 is 0 Å². The maximum atomic E-state index is 11.6. The lowest BCUT2D eigenvalue weighted by Gasteiger charge is -2.00. The van der Waals surface area contributed by atoms with Crippen LogP contribution in [0.1, 0.15) is 22.5 Å². The molecule has 0 spiro atoms. The Balaban J connectivity index is 2.52. The zero-order valence-electron chi connectivity index (χ0n) is 8.68. The van der Waals surface area contributed by atoms with Gasteiger partial charge in [0.05, 0.1) is 11.3 Å². The Labute approximate surface area is 104 Å². The summed E-state index contributed by atoms with van der Waals surface area (Å²) in [5, 5.41) is 3.37. The first-order chi connectivity index (χ1) is 7.65. The van der Waals surface area contributed by atoms with Gasteiger partial charge in [-0.25, -0.2) is 0 Å². The molecule has 0 atom stereocenters. The number of Topliss-reactive ketones (excluding diaryl/α,β-unsaturated/α-hetero) is 2. The van der Waals surface area contributed by atoms with Crippen LogP contribution in [-0.4, -0.2) is 11.6 Å². The Bertz CT molecular complexity index is 416. The van der Waals surface area contributed by atoms with Gasteiger partial charge in [-0.05, 0) is 28.8 Å². The molecule has 0 aliphatic heterocycles. The van der Waals surface area contributed by atoms with Crippen molar-refractivity contribution in [3.8, 4) is 0 Å². The molecule has 1 heterocycles. The largest absolute Gasteiger partial charge is 0.294 e. The van der Waals surface area contributed by atoms with Crippen molar-refractivity contribution in [1.29, 1.82) is 0 Å². The Hall–Kier alpha value is -1.13. The molecule has 0 bridgehead atoms. The molecule has 1 aromatic rings. The number of carbonyl (C=O) groups excluding carboxylic acids is 2. The van der Waals surface area contributed by atoms with Crippen LogP contribution >= 0.6 is 24.0 Å². The van der Waals surface area contributed by atoms with Gasteiger partial charge in [0, 0.05) is 0 Å². The molecular weight excluding hydrogens is 240 g/mol. The van der Waals surface area contributed by atoms with E-state index in [1.807, 2.05) is 5.38 Å². The van der Waals surface area contributed by atoms with E-state index >= 15 is 0 Å². The molecule has 1 aromatic heterocycles. The van der Waals surface area contributed by atoms with Crippen LogP contribution in [-0.2, 0) is 4.79 Å². The van der Waals surface area contributed by atoms with Gasteiger partial charge in [-0.2, -0.15) is 12.6 Å². The summed E-state index contributed by atoms with van der Waals surface area (Å²) in [5.74, 6) is -0.346. The van der Waals surface area contributed by atoms with E-state index in [2.05, 4.69) is 19.2 Å². The molecule has 0 aliphatic rings. The Morgan fingerprint density at radius 3 is 2.81 bits per heavy atom. The van der Waals surface area contributed by atoms with Crippen molar-refractivity contribution in [1.82, 2.24) is 0 Å². The van der Waals surface area contributed by atoms with Crippen LogP contribution in [0.25, 0.3) is 0 Å². The summed E-state index contributed by atoms with van der Waals surface area (Å²) in [6.07, 6.45) is 2.07. The molecule has 4 heteroatoms. The van der Waals surface area contributed by atoms with Gasteiger partial charge in [0.15, 0.2) is 11.6 Å². The number of thiophene rings is 1. The molecule has 16 heavy (non-hydrogen) atoms. The van der Waals surface area contributed by atoms with Crippen molar-refractivity contribution in [3.63, 3.8) is 0 Å². The van der Waals surface area contributed by atoms with Crippen molar-refractivity contribution in [2.75, 3.05) is 0 Å². The van der Waals surface area contributed by atoms with Crippen molar-refractivity contribution in [3.05, 3.63) is 46.0 Å². The highest BCUT2D eigenvalue weighted by Crippen LogP contribution is 2.13. The van der Waals surface area contributed by atoms with E-state index in [0.29, 0.717) is 16.9 Å². The summed E-state index contributed by atoms with van der Waals surface area (Å²) < 4.78 is 0. The number of thiol groups is 1. The van der Waals surface area contributed by atoms with Gasteiger partial charge in [-0.1, -0.05) is 18.7 Å². The highest BCUT2D eigenvalue weighted by atomic mass is 32.1. The molecule has 2 nitrogen and oxygen atoms in total. The van der Waals surface area contributed by atoms with Crippen molar-refractivity contribution in [2.45, 2.75) is 12.8 Å². The molecule has 0 aliphatic carbocycles. The van der Waals surface area contributed by atoms with Crippen molar-refractivity contribution < 1.29 is 9.59 Å². The summed E-state index contributed by atoms with van der Waals surface area (Å²) in [7, 11) is 0. The third-order valence-corrected chi connectivity index (χ3v) is 3.10. The summed E-state index contributed by atoms with van der Waals surface area (Å²) in [5.41, 5.74) is 0.440. The summed E-state index contributed by atoms with van der Waals surface area (Å²) in [6, 6.07) is 3.51. The lowest BCUT2D eigenvalue weighted by atomic mass is 10.0. The van der Waals surface area contributed by atoms with E-state index < -0.39 is 0 Å². The fourth-order valence-corrected chi connectivity index (χ4v) is 1.87. The first-order valence-electron chi connectivity index (χ1n) is 4.72. The van der Waals surface area contributed by atoms with Crippen molar-refractivity contribution in [2.24, 2.45) is 0 Å². The SMILES string of the molecule is C=C(C/C=C\S)C(=O)CC(=O)c1cccs1. The fraction of sp³-hybridized carbons (Fsp3) is 0.167. The number of ketones is 2. The van der Waals surface area contributed by atoms with E-state index in [1.54, 1.807) is 23.6 Å². The van der Waals surface area contributed by atoms with E-state index in [1.165, 1.54) is 11.3 Å². The predicted octanol–water partition coefficient (Wildman–Crippen LogP) is 3.28. The number of allylic oxidation sites excluding steroid dienone is 2. The van der Waals surface area contributed by atoms with Crippen LogP contribution in [0.4, 0.5) is 0 Å². The summed E-state index contributed by atoms with van der Waals surface area (Å²) >= 11 is 5.23. The number of hydrogen-bond donors (Lipinski definition) is 1. The second-order valence-electron chi connectivity index (χ2n) is 3.19. The Morgan fingerprint density at radius 2 is 2.25 bits per heavy atom. The average Bonchev–Trinajstić information content (AvgIpc) is 2.79. The topological polar surface area (TPSA) is 34.1 Å². The summed E-state index contributed by atoms with van der Waals surface area (Å²) in [6.45, 7) is 3.64. The Morgan fingerprint density at radius 1 is 1.50 bits per heavy atom. The van der Waals surface area contributed by atoms with E-state index in [9.17, 15) is 9.59 Å². The lowest BCUT2D eigenvalue weighted by molar-refractivity contribution is -0.114. The Kier molecular flexibility index (Phi) is 5.22. The standard InChI is InChI=1S/C12H12O2S2/c1-9(4-2-6-15)10(13)8-11(14)12-5-3-7-16-12/h2-3,5-7,15H,1,4,8H2/b6-2-. The monoisotopic (exact) mass is 252 g/mol. The van der Waals surface area contributed by atoms with Gasteiger partial charge < -0.3 is 0 Å². The van der Waals surface area contributed by atoms with Crippen LogP contribution in [0.2, 0.25) is 0 Å². The van der Waals surface area contributed by atoms with Crippen LogP contribution in [0.15, 0.2) is 41.1 Å². The third kappa shape index (κ3) is 3.79. The molecule has 0 saturated heterocycles. The molecule has 0 amide bonds. The molecule has 0 fully saturated rings. The van der Waals surface area contributed by atoms with Crippen LogP contribution in [0, 0.1) is 0 Å². The van der Waals surface area contributed by atoms with E-state index in [4.69, 9.17) is 0 Å². The molecule has 0 radical (unpaired) electrons. The maximum Gasteiger partial charge on any atom is 0.180 e. The molecule has 0 aromatic carbocycles. The normalized spacial score (nSPS) is 10.6. The third-order valence-electron chi connectivity index (χ3n) is 1.98. The minimum Gasteiger partial charge on any atom is -0.294 e. The minimum atomic E-state index is -0.204. The first-order valence-corrected chi connectivity index (χ1v) is 6.11. The number of carbonyl (C=O) groups is 2. The molecule has 1 rings (SSSR count). The van der Waals surface area contributed by atoms with E-state index in [0.717, 1.165) is 0 Å². The van der Waals surface area contributed by atoms with Crippen LogP contribution in [0.3, 0.4) is 0 Å². The molecule has 84 valence electrons. The first kappa shape index (κ1) is 12.9. The zero-order chi connectivity index (χ0) is 12.0. The van der Waals surface area contributed by atoms with Gasteiger partial charge in [-0.15, -0.1) is 11.3 Å². The molecule has 0 saturated carbocycles. The lowest BCUT2D eigenvalue weighted by Crippen LogP contribution is -2.08. The van der Waals surface area contributed by atoms with Gasteiger partial charge in [0.1, 0.15) is 0 Å². The molecule has 0 unspecified atom stereocenters. The second-order valence-corrected chi connectivity index (χ2v) is 4.44. The van der Waals surface area contributed by atoms with E-state index in [-0.39, 0.29) is 18.0 Å². The van der Waals surface area contributed by atoms with Crippen molar-refractivity contribution >= 4 is 35.5 Å². The second kappa shape index (κ2) is 6.45. The quantitative estimate of drug-likeness (QED) is 0.365. The van der Waals surface area contributed by atoms with Gasteiger partial charge in [0.2, 0.25) is 0 Å². The van der Waals surface area contributed by atoms with Crippen LogP contribution in [0.5, 0.6) is 0 Å². The highest BCUT2D eigenvalue weighted by Gasteiger charge is 2.14. The predicted molar refractivity (Wildman–Crippen MR) is 70.2 cm³/mol. The minimum absolute atomic E-state index is 0.0975. The number of rotatable bonds is 6. The maximum absolute atomic E-state index is 11.6. The summed E-state index contributed by atoms with van der Waals surface area (Å²) in [4.78, 5) is 23.8. The smallest absolute Gasteiger partial charge is 0.180 e. The zero-order valence-corrected chi connectivity index (χ0v) is 10.4. The number of hydrogen-bond acceptors (Lipinski definition) is 4. The van der Waals surface area contributed by atoms with Gasteiger partial charge in [0.25, 0.3) is 0 Å². The molecule has 0 N–H and O–H groups in total. The van der Waals surface area contributed by atoms with Gasteiger partial charge >= 0.3 is 0 Å². The molecular formula is C12H12O2S2. The average molecular weight is 252 g/mol. The fourth-order valence-electron chi connectivity index (χ4n) is 1.10.